The molecule has 2 aromatic rings. The molecule has 6 nitrogen and oxygen atoms in total. The van der Waals surface area contributed by atoms with Gasteiger partial charge in [0.2, 0.25) is 5.91 Å². The van der Waals surface area contributed by atoms with Crippen LogP contribution in [0.5, 0.6) is 0 Å². The van der Waals surface area contributed by atoms with Crippen LogP contribution < -0.4 is 4.90 Å². The van der Waals surface area contributed by atoms with Crippen molar-refractivity contribution in [2.45, 2.75) is 31.9 Å². The number of amides is 1. The van der Waals surface area contributed by atoms with Gasteiger partial charge in [-0.3, -0.25) is 9.69 Å². The molecule has 2 aliphatic heterocycles. The van der Waals surface area contributed by atoms with E-state index < -0.39 is 24.2 Å². The molecule has 180 valence electrons. The number of halogens is 5. The van der Waals surface area contributed by atoms with Gasteiger partial charge in [-0.05, 0) is 30.7 Å². The van der Waals surface area contributed by atoms with Crippen molar-refractivity contribution in [3.05, 3.63) is 64.2 Å². The molecule has 0 aromatic heterocycles. The zero-order valence-corrected chi connectivity index (χ0v) is 18.7. The van der Waals surface area contributed by atoms with Crippen LogP contribution in [0.4, 0.5) is 23.2 Å². The Bertz CT molecular complexity index is 1160. The lowest BCUT2D eigenvalue weighted by Gasteiger charge is -2.26. The van der Waals surface area contributed by atoms with Crippen molar-refractivity contribution >= 4 is 34.6 Å². The predicted octanol–water partition coefficient (Wildman–Crippen LogP) is 4.03. The second-order valence-corrected chi connectivity index (χ2v) is 8.58. The third-order valence-corrected chi connectivity index (χ3v) is 6.03. The molecule has 2 aromatic carbocycles. The number of carbonyl (C=O) groups is 1. The summed E-state index contributed by atoms with van der Waals surface area (Å²) in [6.07, 6.45) is -2.87. The van der Waals surface area contributed by atoms with E-state index in [2.05, 4.69) is 10.2 Å². The van der Waals surface area contributed by atoms with Gasteiger partial charge in [-0.15, -0.1) is 0 Å². The van der Waals surface area contributed by atoms with Crippen LogP contribution in [0.15, 0.2) is 46.6 Å². The van der Waals surface area contributed by atoms with Gasteiger partial charge in [0.25, 0.3) is 6.43 Å². The van der Waals surface area contributed by atoms with E-state index in [9.17, 15) is 27.5 Å². The summed E-state index contributed by atoms with van der Waals surface area (Å²) in [5.41, 5.74) is 0.611. The number of benzene rings is 2. The molecule has 0 aliphatic carbocycles. The standard InChI is InChI=1S/C23H21ClF4N4O2/c24-17-8-15(3-4-18(17)25)32(22(34)12-31-6-5-16(33)11-31)10-14-2-1-13(7-19(14)26)20-9-21(23(27)28)30-29-20/h1-4,7-8,16,23,33H,5-6,9-12H2. The minimum atomic E-state index is -2.73. The normalized spacial score (nSPS) is 18.4. The van der Waals surface area contributed by atoms with E-state index in [1.54, 1.807) is 4.90 Å². The van der Waals surface area contributed by atoms with Crippen LogP contribution in [0.1, 0.15) is 24.0 Å². The van der Waals surface area contributed by atoms with Crippen molar-refractivity contribution in [1.82, 2.24) is 4.90 Å². The van der Waals surface area contributed by atoms with Gasteiger partial charge in [-0.1, -0.05) is 23.7 Å². The zero-order chi connectivity index (χ0) is 24.4. The fourth-order valence-corrected chi connectivity index (χ4v) is 4.06. The van der Waals surface area contributed by atoms with Crippen LogP contribution in [0.25, 0.3) is 0 Å². The number of alkyl halides is 2. The van der Waals surface area contributed by atoms with Gasteiger partial charge in [0, 0.05) is 36.3 Å². The monoisotopic (exact) mass is 496 g/mol. The molecule has 0 spiro atoms. The summed E-state index contributed by atoms with van der Waals surface area (Å²) in [7, 11) is 0. The molecule has 1 fully saturated rings. The first-order valence-corrected chi connectivity index (χ1v) is 10.9. The van der Waals surface area contributed by atoms with E-state index in [1.165, 1.54) is 29.2 Å². The molecule has 0 bridgehead atoms. The maximum atomic E-state index is 15.0. The maximum absolute atomic E-state index is 15.0. The first-order valence-electron chi connectivity index (χ1n) is 10.6. The fourth-order valence-electron chi connectivity index (χ4n) is 3.88. The van der Waals surface area contributed by atoms with E-state index in [0.29, 0.717) is 25.1 Å². The van der Waals surface area contributed by atoms with E-state index in [0.717, 1.165) is 12.1 Å². The average Bonchev–Trinajstić information content (AvgIpc) is 3.44. The second kappa shape index (κ2) is 10.2. The molecular formula is C23H21ClF4N4O2. The molecule has 34 heavy (non-hydrogen) atoms. The summed E-state index contributed by atoms with van der Waals surface area (Å²) in [6.45, 7) is 0.696. The first-order chi connectivity index (χ1) is 16.2. The third kappa shape index (κ3) is 5.45. The summed E-state index contributed by atoms with van der Waals surface area (Å²) < 4.78 is 54.3. The minimum absolute atomic E-state index is 0.0176. The van der Waals surface area contributed by atoms with E-state index in [4.69, 9.17) is 11.6 Å². The van der Waals surface area contributed by atoms with Crippen LogP contribution in [-0.4, -0.2) is 59.5 Å². The lowest BCUT2D eigenvalue weighted by atomic mass is 10.0. The number of β-amino-alcohol motifs (C(OH)–C–C–N with tert-alkyl or cyclic N) is 1. The number of nitrogens with zero attached hydrogens (tertiary/aromatic N) is 4. The molecule has 2 heterocycles. The van der Waals surface area contributed by atoms with E-state index in [1.807, 2.05) is 0 Å². The lowest BCUT2D eigenvalue weighted by molar-refractivity contribution is -0.119. The highest BCUT2D eigenvalue weighted by atomic mass is 35.5. The predicted molar refractivity (Wildman–Crippen MR) is 121 cm³/mol. The highest BCUT2D eigenvalue weighted by Gasteiger charge is 2.27. The number of hydrogen-bond acceptors (Lipinski definition) is 5. The van der Waals surface area contributed by atoms with Gasteiger partial charge in [0.15, 0.2) is 0 Å². The summed E-state index contributed by atoms with van der Waals surface area (Å²) >= 11 is 5.91. The largest absolute Gasteiger partial charge is 0.392 e. The SMILES string of the molecule is O=C(CN1CCC(O)C1)N(Cc1ccc(C2=NN=C(C(F)F)C2)cc1F)c1ccc(F)c(Cl)c1. The number of likely N-dealkylation sites (tertiary alicyclic amines) is 1. The molecule has 1 atom stereocenters. The third-order valence-electron chi connectivity index (χ3n) is 5.74. The van der Waals surface area contributed by atoms with Gasteiger partial charge in [0.1, 0.15) is 17.3 Å². The molecule has 1 N–H and O–H groups in total. The quantitative estimate of drug-likeness (QED) is 0.588. The number of rotatable bonds is 7. The Morgan fingerprint density at radius 2 is 1.97 bits per heavy atom. The Balaban J connectivity index is 1.56. The second-order valence-electron chi connectivity index (χ2n) is 8.18. The Hall–Kier alpha value is -2.82. The Kier molecular flexibility index (Phi) is 7.30. The molecule has 1 amide bonds. The Morgan fingerprint density at radius 1 is 1.18 bits per heavy atom. The van der Waals surface area contributed by atoms with Crippen molar-refractivity contribution in [2.75, 3.05) is 24.5 Å². The number of carbonyl (C=O) groups excluding carboxylic acids is 1. The van der Waals surface area contributed by atoms with Gasteiger partial charge in [-0.25, -0.2) is 17.6 Å². The zero-order valence-electron chi connectivity index (χ0n) is 17.9. The summed E-state index contributed by atoms with van der Waals surface area (Å²) in [5.74, 6) is -1.69. The molecule has 2 aliphatic rings. The van der Waals surface area contributed by atoms with Gasteiger partial charge >= 0.3 is 0 Å². The van der Waals surface area contributed by atoms with Crippen LogP contribution in [0.3, 0.4) is 0 Å². The van der Waals surface area contributed by atoms with Crippen LogP contribution in [-0.2, 0) is 11.3 Å². The molecule has 4 rings (SSSR count). The molecular weight excluding hydrogens is 476 g/mol. The van der Waals surface area contributed by atoms with Crippen molar-refractivity contribution in [3.8, 4) is 0 Å². The van der Waals surface area contributed by atoms with Gasteiger partial charge < -0.3 is 10.0 Å². The summed E-state index contributed by atoms with van der Waals surface area (Å²) in [6, 6.07) is 7.92. The van der Waals surface area contributed by atoms with Gasteiger partial charge in [0.05, 0.1) is 29.9 Å². The van der Waals surface area contributed by atoms with Crippen LogP contribution >= 0.6 is 11.6 Å². The number of aliphatic hydroxyl groups excluding tert-OH is 1. The Morgan fingerprint density at radius 3 is 2.59 bits per heavy atom. The highest BCUT2D eigenvalue weighted by Crippen LogP contribution is 2.26. The molecule has 11 heteroatoms. The maximum Gasteiger partial charge on any atom is 0.278 e. The van der Waals surface area contributed by atoms with Crippen LogP contribution in [0.2, 0.25) is 5.02 Å². The molecule has 1 unspecified atom stereocenters. The van der Waals surface area contributed by atoms with Crippen LogP contribution in [0, 0.1) is 11.6 Å². The van der Waals surface area contributed by atoms with Gasteiger partial charge in [-0.2, -0.15) is 10.2 Å². The number of hydrogen-bond donors (Lipinski definition) is 1. The minimum Gasteiger partial charge on any atom is -0.392 e. The lowest BCUT2D eigenvalue weighted by Crippen LogP contribution is -2.40. The van der Waals surface area contributed by atoms with E-state index >= 15 is 0 Å². The fraction of sp³-hybridized carbons (Fsp3) is 0.348. The highest BCUT2D eigenvalue weighted by molar-refractivity contribution is 6.31. The first kappa shape index (κ1) is 24.3. The molecule has 1 saturated heterocycles. The number of anilines is 1. The molecule has 0 saturated carbocycles. The van der Waals surface area contributed by atoms with Crippen molar-refractivity contribution in [1.29, 1.82) is 0 Å². The average molecular weight is 497 g/mol. The summed E-state index contributed by atoms with van der Waals surface area (Å²) in [4.78, 5) is 16.2. The topological polar surface area (TPSA) is 68.5 Å². The van der Waals surface area contributed by atoms with Crippen molar-refractivity contribution in [3.63, 3.8) is 0 Å². The smallest absolute Gasteiger partial charge is 0.278 e. The van der Waals surface area contributed by atoms with Crippen molar-refractivity contribution in [2.24, 2.45) is 10.2 Å². The van der Waals surface area contributed by atoms with Crippen molar-refractivity contribution < 1.29 is 27.5 Å². The number of aliphatic hydroxyl groups is 1. The summed E-state index contributed by atoms with van der Waals surface area (Å²) in [5, 5.41) is 16.7. The Labute approximate surface area is 198 Å². The molecule has 0 radical (unpaired) electrons. The van der Waals surface area contributed by atoms with E-state index in [-0.39, 0.29) is 53.1 Å².